The second-order valence-corrected chi connectivity index (χ2v) is 4.93. The number of benzene rings is 1. The van der Waals surface area contributed by atoms with Gasteiger partial charge in [-0.3, -0.25) is 9.88 Å². The molecule has 98 valence electrons. The number of fused-ring (bicyclic) bond motifs is 1. The lowest BCUT2D eigenvalue weighted by molar-refractivity contribution is 0.257. The summed E-state index contributed by atoms with van der Waals surface area (Å²) >= 11 is 0. The van der Waals surface area contributed by atoms with Crippen LogP contribution < -0.4 is 0 Å². The molecule has 0 spiro atoms. The summed E-state index contributed by atoms with van der Waals surface area (Å²) in [6.45, 7) is 2.80. The number of piperidine rings is 1. The first-order chi connectivity index (χ1) is 9.36. The minimum atomic E-state index is 0.856. The summed E-state index contributed by atoms with van der Waals surface area (Å²) in [4.78, 5) is 6.87. The average molecular weight is 255 g/mol. The Hall–Kier alpha value is -1.94. The first-order valence-corrected chi connectivity index (χ1v) is 6.61. The van der Waals surface area contributed by atoms with E-state index in [1.807, 2.05) is 12.3 Å². The van der Waals surface area contributed by atoms with Gasteiger partial charge in [-0.1, -0.05) is 29.4 Å². The van der Waals surface area contributed by atoms with Crippen molar-refractivity contribution >= 4 is 16.6 Å². The number of hydrogen-bond acceptors (Lipinski definition) is 4. The van der Waals surface area contributed by atoms with Crippen molar-refractivity contribution in [3.05, 3.63) is 42.1 Å². The molecule has 0 saturated carbocycles. The Morgan fingerprint density at radius 2 is 1.95 bits per heavy atom. The molecule has 1 fully saturated rings. The summed E-state index contributed by atoms with van der Waals surface area (Å²) in [5.74, 6) is 0. The lowest BCUT2D eigenvalue weighted by Gasteiger charge is -2.27. The van der Waals surface area contributed by atoms with E-state index in [1.54, 1.807) is 0 Å². The van der Waals surface area contributed by atoms with Crippen molar-refractivity contribution in [3.63, 3.8) is 0 Å². The highest BCUT2D eigenvalue weighted by atomic mass is 16.4. The van der Waals surface area contributed by atoms with E-state index < -0.39 is 0 Å². The fourth-order valence-corrected chi connectivity index (χ4v) is 2.61. The molecule has 0 amide bonds. The number of aromatic nitrogens is 1. The van der Waals surface area contributed by atoms with Crippen molar-refractivity contribution in [2.45, 2.75) is 19.4 Å². The highest BCUT2D eigenvalue weighted by Gasteiger charge is 2.16. The third kappa shape index (κ3) is 2.58. The van der Waals surface area contributed by atoms with Gasteiger partial charge in [0, 0.05) is 44.1 Å². The SMILES string of the molecule is ON=C1CCN(Cc2cccc3cccnc23)CC1. The minimum Gasteiger partial charge on any atom is -0.411 e. The molecule has 1 aliphatic heterocycles. The van der Waals surface area contributed by atoms with Gasteiger partial charge in [0.25, 0.3) is 0 Å². The normalized spacial score (nSPS) is 16.7. The number of hydrogen-bond donors (Lipinski definition) is 1. The molecule has 2 aromatic rings. The zero-order valence-corrected chi connectivity index (χ0v) is 10.8. The zero-order valence-electron chi connectivity index (χ0n) is 10.8. The Morgan fingerprint density at radius 1 is 1.16 bits per heavy atom. The van der Waals surface area contributed by atoms with Gasteiger partial charge in [-0.25, -0.2) is 0 Å². The second kappa shape index (κ2) is 5.36. The van der Waals surface area contributed by atoms with E-state index in [4.69, 9.17) is 5.21 Å². The summed E-state index contributed by atoms with van der Waals surface area (Å²) < 4.78 is 0. The molecule has 3 rings (SSSR count). The number of para-hydroxylation sites is 1. The van der Waals surface area contributed by atoms with Crippen LogP contribution in [0.15, 0.2) is 41.7 Å². The highest BCUT2D eigenvalue weighted by molar-refractivity contribution is 5.85. The van der Waals surface area contributed by atoms with E-state index >= 15 is 0 Å². The summed E-state index contributed by atoms with van der Waals surface area (Å²) in [5, 5.41) is 13.3. The van der Waals surface area contributed by atoms with Crippen LogP contribution in [0.5, 0.6) is 0 Å². The van der Waals surface area contributed by atoms with Gasteiger partial charge in [0.05, 0.1) is 11.2 Å². The monoisotopic (exact) mass is 255 g/mol. The van der Waals surface area contributed by atoms with E-state index in [0.717, 1.165) is 43.7 Å². The standard InChI is InChI=1S/C15H17N3O/c19-17-14-6-9-18(10-7-14)11-13-4-1-3-12-5-2-8-16-15(12)13/h1-5,8,19H,6-7,9-11H2. The number of rotatable bonds is 2. The van der Waals surface area contributed by atoms with Crippen molar-refractivity contribution in [3.8, 4) is 0 Å². The van der Waals surface area contributed by atoms with Crippen LogP contribution in [0.25, 0.3) is 10.9 Å². The molecule has 1 aromatic carbocycles. The zero-order chi connectivity index (χ0) is 13.1. The van der Waals surface area contributed by atoms with Gasteiger partial charge in [0.2, 0.25) is 0 Å². The molecule has 0 atom stereocenters. The average Bonchev–Trinajstić information content (AvgIpc) is 2.48. The van der Waals surface area contributed by atoms with Crippen molar-refractivity contribution in [1.29, 1.82) is 0 Å². The quantitative estimate of drug-likeness (QED) is 0.663. The molecular formula is C15H17N3O. The van der Waals surface area contributed by atoms with Crippen molar-refractivity contribution < 1.29 is 5.21 Å². The molecule has 0 bridgehead atoms. The van der Waals surface area contributed by atoms with Gasteiger partial charge in [-0.15, -0.1) is 0 Å². The Balaban J connectivity index is 1.79. The fourth-order valence-electron chi connectivity index (χ4n) is 2.61. The van der Waals surface area contributed by atoms with E-state index in [2.05, 4.69) is 39.3 Å². The van der Waals surface area contributed by atoms with Crippen LogP contribution in [-0.4, -0.2) is 33.9 Å². The van der Waals surface area contributed by atoms with E-state index in [-0.39, 0.29) is 0 Å². The smallest absolute Gasteiger partial charge is 0.0746 e. The van der Waals surface area contributed by atoms with Gasteiger partial charge in [0.15, 0.2) is 0 Å². The molecule has 0 radical (unpaired) electrons. The minimum absolute atomic E-state index is 0.856. The van der Waals surface area contributed by atoms with Crippen LogP contribution in [0.3, 0.4) is 0 Å². The Bertz CT molecular complexity index is 594. The molecule has 1 aliphatic rings. The fraction of sp³-hybridized carbons (Fsp3) is 0.333. The maximum Gasteiger partial charge on any atom is 0.0746 e. The maximum absolute atomic E-state index is 8.77. The van der Waals surface area contributed by atoms with Crippen LogP contribution >= 0.6 is 0 Å². The summed E-state index contributed by atoms with van der Waals surface area (Å²) in [6, 6.07) is 10.4. The molecule has 1 N–H and O–H groups in total. The Morgan fingerprint density at radius 3 is 2.74 bits per heavy atom. The number of oxime groups is 1. The Kier molecular flexibility index (Phi) is 3.42. The predicted molar refractivity (Wildman–Crippen MR) is 75.5 cm³/mol. The molecule has 2 heterocycles. The lowest BCUT2D eigenvalue weighted by Crippen LogP contribution is -2.33. The predicted octanol–water partition coefficient (Wildman–Crippen LogP) is 2.66. The molecule has 1 aromatic heterocycles. The van der Waals surface area contributed by atoms with Crippen LogP contribution in [0.4, 0.5) is 0 Å². The number of likely N-dealkylation sites (tertiary alicyclic amines) is 1. The summed E-state index contributed by atoms with van der Waals surface area (Å²) in [6.07, 6.45) is 3.56. The highest BCUT2D eigenvalue weighted by Crippen LogP contribution is 2.19. The summed E-state index contributed by atoms with van der Waals surface area (Å²) in [7, 11) is 0. The molecular weight excluding hydrogens is 238 g/mol. The molecule has 19 heavy (non-hydrogen) atoms. The largest absolute Gasteiger partial charge is 0.411 e. The van der Waals surface area contributed by atoms with E-state index in [1.165, 1.54) is 10.9 Å². The van der Waals surface area contributed by atoms with Crippen LogP contribution in [-0.2, 0) is 6.54 Å². The van der Waals surface area contributed by atoms with Gasteiger partial charge in [-0.05, 0) is 11.6 Å². The number of nitrogens with zero attached hydrogens (tertiary/aromatic N) is 3. The second-order valence-electron chi connectivity index (χ2n) is 4.93. The van der Waals surface area contributed by atoms with Gasteiger partial charge in [-0.2, -0.15) is 0 Å². The third-order valence-corrected chi connectivity index (χ3v) is 3.68. The first-order valence-electron chi connectivity index (χ1n) is 6.61. The van der Waals surface area contributed by atoms with Crippen LogP contribution in [0.2, 0.25) is 0 Å². The summed E-state index contributed by atoms with van der Waals surface area (Å²) in [5.41, 5.74) is 3.27. The van der Waals surface area contributed by atoms with Gasteiger partial charge >= 0.3 is 0 Å². The molecule has 1 saturated heterocycles. The van der Waals surface area contributed by atoms with E-state index in [9.17, 15) is 0 Å². The molecule has 0 aliphatic carbocycles. The van der Waals surface area contributed by atoms with Gasteiger partial charge < -0.3 is 5.21 Å². The van der Waals surface area contributed by atoms with Crippen molar-refractivity contribution in [1.82, 2.24) is 9.88 Å². The number of pyridine rings is 1. The Labute approximate surface area is 112 Å². The van der Waals surface area contributed by atoms with Crippen LogP contribution in [0.1, 0.15) is 18.4 Å². The van der Waals surface area contributed by atoms with Crippen molar-refractivity contribution in [2.75, 3.05) is 13.1 Å². The lowest BCUT2D eigenvalue weighted by atomic mass is 10.1. The van der Waals surface area contributed by atoms with Crippen molar-refractivity contribution in [2.24, 2.45) is 5.16 Å². The molecule has 0 unspecified atom stereocenters. The first kappa shape index (κ1) is 12.1. The topological polar surface area (TPSA) is 48.7 Å². The molecule has 4 heteroatoms. The van der Waals surface area contributed by atoms with E-state index in [0.29, 0.717) is 0 Å². The molecule has 4 nitrogen and oxygen atoms in total. The third-order valence-electron chi connectivity index (χ3n) is 3.68. The van der Waals surface area contributed by atoms with Crippen LogP contribution in [0, 0.1) is 0 Å². The maximum atomic E-state index is 8.77. The van der Waals surface area contributed by atoms with Gasteiger partial charge in [0.1, 0.15) is 0 Å².